The Morgan fingerprint density at radius 1 is 1.38 bits per heavy atom. The molecule has 0 spiro atoms. The Morgan fingerprint density at radius 3 is 2.38 bits per heavy atom. The van der Waals surface area contributed by atoms with Crippen molar-refractivity contribution in [2.75, 3.05) is 7.05 Å². The third-order valence-corrected chi connectivity index (χ3v) is 2.15. The maximum atomic E-state index is 11.6. The SMILES string of the molecule is CC(C)N(C)C(=O)Cn1cccc1. The molecule has 3 heteroatoms. The van der Waals surface area contributed by atoms with Gasteiger partial charge in [-0.15, -0.1) is 0 Å². The summed E-state index contributed by atoms with van der Waals surface area (Å²) in [5.74, 6) is 0.145. The van der Waals surface area contributed by atoms with Crippen molar-refractivity contribution in [3.63, 3.8) is 0 Å². The van der Waals surface area contributed by atoms with E-state index in [1.807, 2.05) is 50.0 Å². The predicted molar refractivity (Wildman–Crippen MR) is 52.3 cm³/mol. The lowest BCUT2D eigenvalue weighted by Gasteiger charge is -2.21. The third-order valence-electron chi connectivity index (χ3n) is 2.15. The Hall–Kier alpha value is -1.25. The lowest BCUT2D eigenvalue weighted by Crippen LogP contribution is -2.35. The number of rotatable bonds is 3. The highest BCUT2D eigenvalue weighted by molar-refractivity contribution is 5.75. The zero-order chi connectivity index (χ0) is 9.84. The van der Waals surface area contributed by atoms with Crippen LogP contribution in [0.3, 0.4) is 0 Å². The molecule has 0 saturated heterocycles. The highest BCUT2D eigenvalue weighted by Gasteiger charge is 2.11. The molecule has 0 aliphatic rings. The monoisotopic (exact) mass is 180 g/mol. The van der Waals surface area contributed by atoms with Crippen LogP contribution in [0.1, 0.15) is 13.8 Å². The topological polar surface area (TPSA) is 25.2 Å². The molecule has 1 amide bonds. The summed E-state index contributed by atoms with van der Waals surface area (Å²) in [7, 11) is 1.83. The molecular weight excluding hydrogens is 164 g/mol. The van der Waals surface area contributed by atoms with E-state index in [9.17, 15) is 4.79 Å². The summed E-state index contributed by atoms with van der Waals surface area (Å²) in [4.78, 5) is 13.3. The van der Waals surface area contributed by atoms with Gasteiger partial charge in [-0.3, -0.25) is 4.79 Å². The van der Waals surface area contributed by atoms with Gasteiger partial charge in [-0.2, -0.15) is 0 Å². The van der Waals surface area contributed by atoms with Gasteiger partial charge in [-0.05, 0) is 26.0 Å². The fourth-order valence-electron chi connectivity index (χ4n) is 1.03. The number of carbonyl (C=O) groups excluding carboxylic acids is 1. The quantitative estimate of drug-likeness (QED) is 0.689. The second-order valence-corrected chi connectivity index (χ2v) is 3.45. The fraction of sp³-hybridized carbons (Fsp3) is 0.500. The van der Waals surface area contributed by atoms with Gasteiger partial charge in [-0.1, -0.05) is 0 Å². The number of amides is 1. The molecule has 1 aromatic heterocycles. The van der Waals surface area contributed by atoms with Crippen molar-refractivity contribution in [2.24, 2.45) is 0 Å². The molecule has 0 saturated carbocycles. The summed E-state index contributed by atoms with van der Waals surface area (Å²) < 4.78 is 1.88. The number of aromatic nitrogens is 1. The van der Waals surface area contributed by atoms with Crippen LogP contribution in [-0.4, -0.2) is 28.5 Å². The largest absolute Gasteiger partial charge is 0.345 e. The number of carbonyl (C=O) groups is 1. The molecule has 0 aliphatic heterocycles. The van der Waals surface area contributed by atoms with E-state index in [0.717, 1.165) is 0 Å². The summed E-state index contributed by atoms with van der Waals surface area (Å²) in [5, 5.41) is 0. The van der Waals surface area contributed by atoms with Crippen LogP contribution in [-0.2, 0) is 11.3 Å². The van der Waals surface area contributed by atoms with E-state index in [1.165, 1.54) is 0 Å². The van der Waals surface area contributed by atoms with Crippen LogP contribution in [0.4, 0.5) is 0 Å². The average Bonchev–Trinajstić information content (AvgIpc) is 2.55. The van der Waals surface area contributed by atoms with Crippen LogP contribution in [0.5, 0.6) is 0 Å². The van der Waals surface area contributed by atoms with Crippen molar-refractivity contribution in [2.45, 2.75) is 26.4 Å². The van der Waals surface area contributed by atoms with Crippen molar-refractivity contribution in [3.05, 3.63) is 24.5 Å². The van der Waals surface area contributed by atoms with Gasteiger partial charge in [0, 0.05) is 25.5 Å². The lowest BCUT2D eigenvalue weighted by atomic mass is 10.3. The van der Waals surface area contributed by atoms with E-state index in [-0.39, 0.29) is 11.9 Å². The number of hydrogen-bond donors (Lipinski definition) is 0. The first-order valence-corrected chi connectivity index (χ1v) is 4.47. The van der Waals surface area contributed by atoms with Crippen LogP contribution in [0.2, 0.25) is 0 Å². The van der Waals surface area contributed by atoms with Gasteiger partial charge in [0.1, 0.15) is 6.54 Å². The summed E-state index contributed by atoms with van der Waals surface area (Å²) in [6.45, 7) is 4.45. The minimum absolute atomic E-state index is 0.145. The van der Waals surface area contributed by atoms with Crippen LogP contribution >= 0.6 is 0 Å². The van der Waals surface area contributed by atoms with Crippen LogP contribution in [0.15, 0.2) is 24.5 Å². The number of nitrogens with zero attached hydrogens (tertiary/aromatic N) is 2. The van der Waals surface area contributed by atoms with Gasteiger partial charge in [0.15, 0.2) is 0 Å². The fourth-order valence-corrected chi connectivity index (χ4v) is 1.03. The van der Waals surface area contributed by atoms with E-state index in [2.05, 4.69) is 0 Å². The molecule has 72 valence electrons. The van der Waals surface area contributed by atoms with Crippen LogP contribution in [0, 0.1) is 0 Å². The molecule has 0 atom stereocenters. The standard InChI is InChI=1S/C10H16N2O/c1-9(2)11(3)10(13)8-12-6-4-5-7-12/h4-7,9H,8H2,1-3H3. The predicted octanol–water partition coefficient (Wildman–Crippen LogP) is 1.35. The molecule has 0 aliphatic carbocycles. The first-order valence-electron chi connectivity index (χ1n) is 4.47. The molecule has 13 heavy (non-hydrogen) atoms. The molecule has 0 unspecified atom stereocenters. The van der Waals surface area contributed by atoms with E-state index >= 15 is 0 Å². The average molecular weight is 180 g/mol. The van der Waals surface area contributed by atoms with Gasteiger partial charge in [-0.25, -0.2) is 0 Å². The Morgan fingerprint density at radius 2 is 1.92 bits per heavy atom. The molecular formula is C10H16N2O. The molecule has 1 rings (SSSR count). The second kappa shape index (κ2) is 4.12. The van der Waals surface area contributed by atoms with Gasteiger partial charge in [0.25, 0.3) is 0 Å². The van der Waals surface area contributed by atoms with Gasteiger partial charge >= 0.3 is 0 Å². The molecule has 0 radical (unpaired) electrons. The molecule has 0 fully saturated rings. The summed E-state index contributed by atoms with van der Waals surface area (Å²) in [6.07, 6.45) is 3.79. The highest BCUT2D eigenvalue weighted by atomic mass is 16.2. The third kappa shape index (κ3) is 2.61. The minimum atomic E-state index is 0.145. The van der Waals surface area contributed by atoms with Crippen molar-refractivity contribution >= 4 is 5.91 Å². The Balaban J connectivity index is 2.51. The van der Waals surface area contributed by atoms with E-state index in [1.54, 1.807) is 4.90 Å². The first-order chi connectivity index (χ1) is 6.11. The summed E-state index contributed by atoms with van der Waals surface area (Å²) in [5.41, 5.74) is 0. The maximum Gasteiger partial charge on any atom is 0.242 e. The van der Waals surface area contributed by atoms with Crippen LogP contribution < -0.4 is 0 Å². The normalized spacial score (nSPS) is 10.5. The summed E-state index contributed by atoms with van der Waals surface area (Å²) >= 11 is 0. The Bertz CT molecular complexity index is 264. The lowest BCUT2D eigenvalue weighted by molar-refractivity contribution is -0.131. The molecule has 1 heterocycles. The van der Waals surface area contributed by atoms with Crippen molar-refractivity contribution in [1.29, 1.82) is 0 Å². The zero-order valence-electron chi connectivity index (χ0n) is 8.40. The smallest absolute Gasteiger partial charge is 0.242 e. The maximum absolute atomic E-state index is 11.6. The Kier molecular flexibility index (Phi) is 3.12. The molecule has 0 N–H and O–H groups in total. The van der Waals surface area contributed by atoms with E-state index in [4.69, 9.17) is 0 Å². The van der Waals surface area contributed by atoms with Gasteiger partial charge < -0.3 is 9.47 Å². The zero-order valence-corrected chi connectivity index (χ0v) is 8.40. The van der Waals surface area contributed by atoms with E-state index in [0.29, 0.717) is 6.54 Å². The number of hydrogen-bond acceptors (Lipinski definition) is 1. The second-order valence-electron chi connectivity index (χ2n) is 3.45. The van der Waals surface area contributed by atoms with Crippen molar-refractivity contribution < 1.29 is 4.79 Å². The summed E-state index contributed by atoms with van der Waals surface area (Å²) in [6, 6.07) is 4.11. The Labute approximate surface area is 79.0 Å². The van der Waals surface area contributed by atoms with Gasteiger partial charge in [0.05, 0.1) is 0 Å². The van der Waals surface area contributed by atoms with Crippen LogP contribution in [0.25, 0.3) is 0 Å². The number of likely N-dealkylation sites (N-methyl/N-ethyl adjacent to an activating group) is 1. The van der Waals surface area contributed by atoms with Gasteiger partial charge in [0.2, 0.25) is 5.91 Å². The van der Waals surface area contributed by atoms with Crippen molar-refractivity contribution in [3.8, 4) is 0 Å². The highest BCUT2D eigenvalue weighted by Crippen LogP contribution is 1.98. The molecule has 1 aromatic rings. The molecule has 0 aromatic carbocycles. The molecule has 3 nitrogen and oxygen atoms in total. The first kappa shape index (κ1) is 9.84. The van der Waals surface area contributed by atoms with E-state index < -0.39 is 0 Å². The molecule has 0 bridgehead atoms. The van der Waals surface area contributed by atoms with Crippen molar-refractivity contribution in [1.82, 2.24) is 9.47 Å². The minimum Gasteiger partial charge on any atom is -0.345 e.